The van der Waals surface area contributed by atoms with Gasteiger partial charge in [-0.25, -0.2) is 0 Å². The summed E-state index contributed by atoms with van der Waals surface area (Å²) >= 11 is 0. The number of aryl methyl sites for hydroxylation is 2. The fourth-order valence-corrected chi connectivity index (χ4v) is 2.54. The molecule has 92 valence electrons. The van der Waals surface area contributed by atoms with E-state index in [1.807, 2.05) is 18.2 Å². The summed E-state index contributed by atoms with van der Waals surface area (Å²) in [6, 6.07) is 14.0. The Morgan fingerprint density at radius 2 is 1.83 bits per heavy atom. The van der Waals surface area contributed by atoms with Crippen molar-refractivity contribution < 1.29 is 5.11 Å². The second-order valence-corrected chi connectivity index (χ2v) is 4.82. The van der Waals surface area contributed by atoms with Crippen LogP contribution in [0.5, 0.6) is 5.75 Å². The van der Waals surface area contributed by atoms with Gasteiger partial charge in [0.2, 0.25) is 0 Å². The van der Waals surface area contributed by atoms with Gasteiger partial charge in [-0.3, -0.25) is 0 Å². The molecule has 1 aliphatic carbocycles. The molecule has 0 bridgehead atoms. The first-order valence-electron chi connectivity index (χ1n) is 6.45. The third kappa shape index (κ3) is 2.19. The summed E-state index contributed by atoms with van der Waals surface area (Å²) in [5.74, 6) is 0.353. The molecule has 2 nitrogen and oxygen atoms in total. The van der Waals surface area contributed by atoms with Crippen LogP contribution in [0.15, 0.2) is 42.5 Å². The lowest BCUT2D eigenvalue weighted by molar-refractivity contribution is 0.469. The molecule has 2 N–H and O–H groups in total. The summed E-state index contributed by atoms with van der Waals surface area (Å²) in [6.45, 7) is 0.658. The van der Waals surface area contributed by atoms with E-state index in [1.54, 1.807) is 6.07 Å². The highest BCUT2D eigenvalue weighted by atomic mass is 16.3. The molecule has 0 unspecified atom stereocenters. The first-order valence-corrected chi connectivity index (χ1v) is 6.45. The molecule has 0 radical (unpaired) electrons. The first-order chi connectivity index (χ1) is 8.83. The molecule has 18 heavy (non-hydrogen) atoms. The molecule has 0 aromatic heterocycles. The Bertz CT molecular complexity index is 563. The summed E-state index contributed by atoms with van der Waals surface area (Å²) in [4.78, 5) is 0. The molecule has 2 aromatic carbocycles. The molecule has 0 saturated carbocycles. The van der Waals surface area contributed by atoms with E-state index in [0.717, 1.165) is 11.3 Å². The van der Waals surface area contributed by atoms with Gasteiger partial charge in [-0.1, -0.05) is 24.3 Å². The van der Waals surface area contributed by atoms with Crippen LogP contribution in [0.3, 0.4) is 0 Å². The third-order valence-corrected chi connectivity index (χ3v) is 3.57. The highest BCUT2D eigenvalue weighted by Crippen LogP contribution is 2.25. The van der Waals surface area contributed by atoms with Gasteiger partial charge < -0.3 is 10.4 Å². The number of benzene rings is 2. The predicted octanol–water partition coefficient (Wildman–Crippen LogP) is 3.49. The molecule has 0 fully saturated rings. The number of nitrogens with one attached hydrogen (secondary N) is 1. The maximum atomic E-state index is 9.70. The Hall–Kier alpha value is -1.96. The maximum absolute atomic E-state index is 9.70. The molecular weight excluding hydrogens is 222 g/mol. The molecule has 0 saturated heterocycles. The maximum Gasteiger partial charge on any atom is 0.120 e. The lowest BCUT2D eigenvalue weighted by Crippen LogP contribution is -2.00. The van der Waals surface area contributed by atoms with Gasteiger partial charge in [-0.05, 0) is 48.6 Å². The van der Waals surface area contributed by atoms with Crippen molar-refractivity contribution in [1.82, 2.24) is 0 Å². The van der Waals surface area contributed by atoms with Crippen LogP contribution in [-0.4, -0.2) is 5.11 Å². The molecule has 2 heteroatoms. The van der Waals surface area contributed by atoms with E-state index in [4.69, 9.17) is 0 Å². The highest BCUT2D eigenvalue weighted by molar-refractivity contribution is 5.51. The van der Waals surface area contributed by atoms with Crippen LogP contribution in [0.4, 0.5) is 5.69 Å². The zero-order valence-electron chi connectivity index (χ0n) is 10.3. The Morgan fingerprint density at radius 1 is 1.00 bits per heavy atom. The smallest absolute Gasteiger partial charge is 0.120 e. The van der Waals surface area contributed by atoms with E-state index in [1.165, 1.54) is 30.4 Å². The van der Waals surface area contributed by atoms with Crippen LogP contribution in [-0.2, 0) is 19.4 Å². The number of rotatable bonds is 3. The molecule has 0 aliphatic heterocycles. The van der Waals surface area contributed by atoms with Gasteiger partial charge in [0.25, 0.3) is 0 Å². The second-order valence-electron chi connectivity index (χ2n) is 4.82. The molecular formula is C16H17NO. The molecule has 0 spiro atoms. The second kappa shape index (κ2) is 4.73. The van der Waals surface area contributed by atoms with Crippen molar-refractivity contribution in [2.45, 2.75) is 25.8 Å². The van der Waals surface area contributed by atoms with E-state index in [-0.39, 0.29) is 0 Å². The van der Waals surface area contributed by atoms with Crippen LogP contribution in [0.1, 0.15) is 23.1 Å². The van der Waals surface area contributed by atoms with E-state index in [2.05, 4.69) is 23.5 Å². The standard InChI is InChI=1S/C16H17NO/c18-16-7-2-1-4-14(16)11-17-15-9-8-12-5-3-6-13(12)10-15/h1-2,4,7-10,17-18H,3,5-6,11H2. The Balaban J connectivity index is 1.72. The van der Waals surface area contributed by atoms with Crippen LogP contribution in [0, 0.1) is 0 Å². The van der Waals surface area contributed by atoms with Crippen molar-refractivity contribution in [2.75, 3.05) is 5.32 Å². The van der Waals surface area contributed by atoms with E-state index in [9.17, 15) is 5.11 Å². The fourth-order valence-electron chi connectivity index (χ4n) is 2.54. The lowest BCUT2D eigenvalue weighted by atomic mass is 10.1. The van der Waals surface area contributed by atoms with Gasteiger partial charge in [0.05, 0.1) is 0 Å². The third-order valence-electron chi connectivity index (χ3n) is 3.57. The zero-order chi connectivity index (χ0) is 12.4. The molecule has 0 heterocycles. The number of hydrogen-bond acceptors (Lipinski definition) is 2. The Labute approximate surface area is 107 Å². The highest BCUT2D eigenvalue weighted by Gasteiger charge is 2.10. The van der Waals surface area contributed by atoms with Gasteiger partial charge in [-0.2, -0.15) is 0 Å². The lowest BCUT2D eigenvalue weighted by Gasteiger charge is -2.09. The minimum atomic E-state index is 0.353. The van der Waals surface area contributed by atoms with Crippen molar-refractivity contribution in [3.63, 3.8) is 0 Å². The van der Waals surface area contributed by atoms with E-state index < -0.39 is 0 Å². The normalized spacial score (nSPS) is 13.3. The SMILES string of the molecule is Oc1ccccc1CNc1ccc2c(c1)CCC2. The minimum Gasteiger partial charge on any atom is -0.508 e. The van der Waals surface area contributed by atoms with Crippen molar-refractivity contribution >= 4 is 5.69 Å². The summed E-state index contributed by atoms with van der Waals surface area (Å²) in [7, 11) is 0. The van der Waals surface area contributed by atoms with Crippen LogP contribution in [0.2, 0.25) is 0 Å². The zero-order valence-corrected chi connectivity index (χ0v) is 10.3. The number of aromatic hydroxyl groups is 1. The number of anilines is 1. The minimum absolute atomic E-state index is 0.353. The molecule has 3 rings (SSSR count). The van der Waals surface area contributed by atoms with Crippen molar-refractivity contribution in [3.8, 4) is 5.75 Å². The monoisotopic (exact) mass is 239 g/mol. The van der Waals surface area contributed by atoms with Gasteiger partial charge in [0.1, 0.15) is 5.75 Å². The summed E-state index contributed by atoms with van der Waals surface area (Å²) in [5.41, 5.74) is 5.03. The number of para-hydroxylation sites is 1. The van der Waals surface area contributed by atoms with Crippen LogP contribution in [0.25, 0.3) is 0 Å². The Morgan fingerprint density at radius 3 is 2.72 bits per heavy atom. The summed E-state index contributed by atoms with van der Waals surface area (Å²) < 4.78 is 0. The quantitative estimate of drug-likeness (QED) is 0.859. The average Bonchev–Trinajstić information content (AvgIpc) is 2.85. The van der Waals surface area contributed by atoms with Gasteiger partial charge in [0, 0.05) is 17.8 Å². The van der Waals surface area contributed by atoms with Gasteiger partial charge >= 0.3 is 0 Å². The molecule has 0 amide bonds. The van der Waals surface area contributed by atoms with Crippen molar-refractivity contribution in [2.24, 2.45) is 0 Å². The first kappa shape index (κ1) is 11.1. The summed E-state index contributed by atoms with van der Waals surface area (Å²) in [5, 5.41) is 13.1. The Kier molecular flexibility index (Phi) is 2.93. The number of hydrogen-bond donors (Lipinski definition) is 2. The average molecular weight is 239 g/mol. The number of fused-ring (bicyclic) bond motifs is 1. The topological polar surface area (TPSA) is 32.3 Å². The largest absolute Gasteiger partial charge is 0.508 e. The fraction of sp³-hybridized carbons (Fsp3) is 0.250. The number of phenolic OH excluding ortho intramolecular Hbond substituents is 1. The molecule has 0 atom stereocenters. The molecule has 2 aromatic rings. The molecule has 1 aliphatic rings. The van der Waals surface area contributed by atoms with Crippen LogP contribution >= 0.6 is 0 Å². The predicted molar refractivity (Wildman–Crippen MR) is 73.9 cm³/mol. The van der Waals surface area contributed by atoms with E-state index >= 15 is 0 Å². The van der Waals surface area contributed by atoms with E-state index in [0.29, 0.717) is 12.3 Å². The number of phenols is 1. The van der Waals surface area contributed by atoms with Gasteiger partial charge in [-0.15, -0.1) is 0 Å². The summed E-state index contributed by atoms with van der Waals surface area (Å²) in [6.07, 6.45) is 3.69. The van der Waals surface area contributed by atoms with Crippen molar-refractivity contribution in [3.05, 3.63) is 59.2 Å². The van der Waals surface area contributed by atoms with Gasteiger partial charge in [0.15, 0.2) is 0 Å². The van der Waals surface area contributed by atoms with Crippen molar-refractivity contribution in [1.29, 1.82) is 0 Å². The van der Waals surface area contributed by atoms with Crippen LogP contribution < -0.4 is 5.32 Å².